The van der Waals surface area contributed by atoms with E-state index in [2.05, 4.69) is 31.9 Å². The standard InChI is InChI=1S/C14H17BrO4.C10H9BrO4/c1-3-18-13(16)12(14(17)19-4-2)9-10-5-7-11(15)8-6-10;11-7-3-1-6(2-4-7)5-8(9(12)13)10(14)15/h5-8,12H,3-4,9H2,1-2H3;1-4,8H,5H2,(H,12,13)(H,14,15). The topological polar surface area (TPSA) is 127 Å². The van der Waals surface area contributed by atoms with Crippen molar-refractivity contribution < 1.29 is 38.9 Å². The van der Waals surface area contributed by atoms with Gasteiger partial charge in [-0.25, -0.2) is 0 Å². The summed E-state index contributed by atoms with van der Waals surface area (Å²) in [6, 6.07) is 14.3. The number of hydrogen-bond acceptors (Lipinski definition) is 6. The Morgan fingerprint density at radius 3 is 1.29 bits per heavy atom. The summed E-state index contributed by atoms with van der Waals surface area (Å²) >= 11 is 6.57. The van der Waals surface area contributed by atoms with Crippen LogP contribution in [0.5, 0.6) is 0 Å². The first-order valence-corrected chi connectivity index (χ1v) is 11.9. The molecule has 0 fully saturated rings. The van der Waals surface area contributed by atoms with E-state index in [0.717, 1.165) is 14.5 Å². The van der Waals surface area contributed by atoms with Crippen LogP contribution in [0.3, 0.4) is 0 Å². The fourth-order valence-electron chi connectivity index (χ4n) is 2.74. The molecule has 0 heterocycles. The fraction of sp³-hybridized carbons (Fsp3) is 0.333. The van der Waals surface area contributed by atoms with E-state index >= 15 is 0 Å². The Morgan fingerprint density at radius 1 is 0.676 bits per heavy atom. The molecule has 0 aliphatic carbocycles. The van der Waals surface area contributed by atoms with E-state index in [-0.39, 0.29) is 26.1 Å². The smallest absolute Gasteiger partial charge is 0.320 e. The molecule has 0 saturated heterocycles. The second-order valence-corrected chi connectivity index (χ2v) is 8.78. The minimum atomic E-state index is -1.38. The van der Waals surface area contributed by atoms with Gasteiger partial charge in [0.1, 0.15) is 0 Å². The van der Waals surface area contributed by atoms with Crippen LogP contribution in [-0.4, -0.2) is 47.3 Å². The average Bonchev–Trinajstić information content (AvgIpc) is 2.78. The predicted octanol–water partition coefficient (Wildman–Crippen LogP) is 4.51. The molecule has 184 valence electrons. The molecular weight excluding hydrogens is 576 g/mol. The highest BCUT2D eigenvalue weighted by Gasteiger charge is 2.29. The van der Waals surface area contributed by atoms with E-state index in [0.29, 0.717) is 5.56 Å². The quantitative estimate of drug-likeness (QED) is 0.301. The fourth-order valence-corrected chi connectivity index (χ4v) is 3.27. The van der Waals surface area contributed by atoms with Gasteiger partial charge >= 0.3 is 23.9 Å². The van der Waals surface area contributed by atoms with E-state index in [4.69, 9.17) is 19.7 Å². The van der Waals surface area contributed by atoms with Crippen LogP contribution in [0.4, 0.5) is 0 Å². The summed E-state index contributed by atoms with van der Waals surface area (Å²) in [5.74, 6) is -5.99. The van der Waals surface area contributed by atoms with Crippen molar-refractivity contribution in [3.05, 3.63) is 68.6 Å². The molecule has 0 bridgehead atoms. The molecule has 0 spiro atoms. The number of benzene rings is 2. The summed E-state index contributed by atoms with van der Waals surface area (Å²) < 4.78 is 11.7. The molecule has 0 unspecified atom stereocenters. The number of carboxylic acid groups (broad SMARTS) is 2. The van der Waals surface area contributed by atoms with Crippen molar-refractivity contribution in [1.29, 1.82) is 0 Å². The number of carbonyl (C=O) groups is 4. The van der Waals surface area contributed by atoms with Crippen LogP contribution in [0, 0.1) is 11.8 Å². The maximum Gasteiger partial charge on any atom is 0.320 e. The van der Waals surface area contributed by atoms with Gasteiger partial charge in [-0.3, -0.25) is 19.2 Å². The zero-order valence-corrected chi connectivity index (χ0v) is 21.9. The Morgan fingerprint density at radius 2 is 1.00 bits per heavy atom. The van der Waals surface area contributed by atoms with Crippen molar-refractivity contribution in [2.24, 2.45) is 11.8 Å². The lowest BCUT2D eigenvalue weighted by atomic mass is 9.99. The Bertz CT molecular complexity index is 926. The van der Waals surface area contributed by atoms with Gasteiger partial charge < -0.3 is 19.7 Å². The third-order valence-corrected chi connectivity index (χ3v) is 5.50. The SMILES string of the molecule is CCOC(=O)C(Cc1ccc(Br)cc1)C(=O)OCC.O=C(O)C(Cc1ccc(Br)cc1)C(=O)O. The Balaban J connectivity index is 0.000000350. The second kappa shape index (κ2) is 15.2. The number of carboxylic acids is 2. The van der Waals surface area contributed by atoms with Crippen molar-refractivity contribution in [1.82, 2.24) is 0 Å². The molecule has 2 aromatic carbocycles. The van der Waals surface area contributed by atoms with Crippen molar-refractivity contribution >= 4 is 55.7 Å². The molecule has 10 heteroatoms. The van der Waals surface area contributed by atoms with Gasteiger partial charge in [0.15, 0.2) is 11.8 Å². The highest BCUT2D eigenvalue weighted by molar-refractivity contribution is 9.10. The van der Waals surface area contributed by atoms with Gasteiger partial charge in [0.05, 0.1) is 13.2 Å². The molecule has 0 atom stereocenters. The Hall–Kier alpha value is -2.72. The zero-order chi connectivity index (χ0) is 25.7. The summed E-state index contributed by atoms with van der Waals surface area (Å²) in [5, 5.41) is 17.3. The van der Waals surface area contributed by atoms with E-state index in [1.54, 1.807) is 38.1 Å². The predicted molar refractivity (Wildman–Crippen MR) is 131 cm³/mol. The summed E-state index contributed by atoms with van der Waals surface area (Å²) in [4.78, 5) is 44.8. The van der Waals surface area contributed by atoms with E-state index in [1.165, 1.54) is 0 Å². The zero-order valence-electron chi connectivity index (χ0n) is 18.7. The summed E-state index contributed by atoms with van der Waals surface area (Å²) in [6.07, 6.45) is 0.281. The van der Waals surface area contributed by atoms with E-state index < -0.39 is 35.7 Å². The molecule has 8 nitrogen and oxygen atoms in total. The molecular formula is C24H26Br2O8. The minimum Gasteiger partial charge on any atom is -0.481 e. The first-order valence-electron chi connectivity index (χ1n) is 10.4. The third kappa shape index (κ3) is 10.5. The van der Waals surface area contributed by atoms with E-state index in [1.807, 2.05) is 24.3 Å². The van der Waals surface area contributed by atoms with E-state index in [9.17, 15) is 19.2 Å². The summed E-state index contributed by atoms with van der Waals surface area (Å²) in [5.41, 5.74) is 1.57. The third-order valence-electron chi connectivity index (χ3n) is 4.44. The lowest BCUT2D eigenvalue weighted by molar-refractivity contribution is -0.162. The lowest BCUT2D eigenvalue weighted by Crippen LogP contribution is -2.30. The summed E-state index contributed by atoms with van der Waals surface area (Å²) in [6.45, 7) is 3.91. The monoisotopic (exact) mass is 600 g/mol. The van der Waals surface area contributed by atoms with Crippen LogP contribution in [0.25, 0.3) is 0 Å². The van der Waals surface area contributed by atoms with Crippen LogP contribution >= 0.6 is 31.9 Å². The number of rotatable bonds is 10. The average molecular weight is 602 g/mol. The maximum absolute atomic E-state index is 11.8. The summed E-state index contributed by atoms with van der Waals surface area (Å²) in [7, 11) is 0. The molecule has 0 radical (unpaired) electrons. The van der Waals surface area contributed by atoms with Gasteiger partial charge in [-0.2, -0.15) is 0 Å². The molecule has 0 amide bonds. The van der Waals surface area contributed by atoms with Crippen LogP contribution in [0.1, 0.15) is 25.0 Å². The molecule has 2 aromatic rings. The van der Waals surface area contributed by atoms with Crippen LogP contribution in [0.2, 0.25) is 0 Å². The molecule has 34 heavy (non-hydrogen) atoms. The lowest BCUT2D eigenvalue weighted by Gasteiger charge is -2.14. The first-order chi connectivity index (χ1) is 16.1. The van der Waals surface area contributed by atoms with Crippen LogP contribution in [0.15, 0.2) is 57.5 Å². The number of ether oxygens (including phenoxy) is 2. The number of hydrogen-bond donors (Lipinski definition) is 2. The largest absolute Gasteiger partial charge is 0.481 e. The molecule has 0 aliphatic rings. The Kier molecular flexibility index (Phi) is 13.1. The second-order valence-electron chi connectivity index (χ2n) is 6.95. The van der Waals surface area contributed by atoms with Gasteiger partial charge in [-0.1, -0.05) is 56.1 Å². The molecule has 2 N–H and O–H groups in total. The van der Waals surface area contributed by atoms with Crippen molar-refractivity contribution in [3.8, 4) is 0 Å². The normalized spacial score (nSPS) is 10.3. The molecule has 0 aliphatic heterocycles. The first kappa shape index (κ1) is 29.3. The van der Waals surface area contributed by atoms with Gasteiger partial charge in [-0.05, 0) is 62.1 Å². The van der Waals surface area contributed by atoms with Crippen LogP contribution in [-0.2, 0) is 41.5 Å². The van der Waals surface area contributed by atoms with Crippen molar-refractivity contribution in [2.45, 2.75) is 26.7 Å². The maximum atomic E-state index is 11.8. The number of halogens is 2. The number of esters is 2. The van der Waals surface area contributed by atoms with Crippen LogP contribution < -0.4 is 0 Å². The van der Waals surface area contributed by atoms with Gasteiger partial charge in [0, 0.05) is 8.95 Å². The Labute approximate surface area is 214 Å². The molecule has 0 saturated carbocycles. The van der Waals surface area contributed by atoms with Gasteiger partial charge in [-0.15, -0.1) is 0 Å². The van der Waals surface area contributed by atoms with Crippen molar-refractivity contribution in [3.63, 3.8) is 0 Å². The molecule has 0 aromatic heterocycles. The highest BCUT2D eigenvalue weighted by Crippen LogP contribution is 2.17. The number of carbonyl (C=O) groups excluding carboxylic acids is 2. The van der Waals surface area contributed by atoms with Crippen molar-refractivity contribution in [2.75, 3.05) is 13.2 Å². The highest BCUT2D eigenvalue weighted by atomic mass is 79.9. The van der Waals surface area contributed by atoms with Gasteiger partial charge in [0.2, 0.25) is 0 Å². The minimum absolute atomic E-state index is 0.00204. The molecule has 2 rings (SSSR count). The number of aliphatic carboxylic acids is 2. The van der Waals surface area contributed by atoms with Gasteiger partial charge in [0.25, 0.3) is 0 Å².